The van der Waals surface area contributed by atoms with Crippen molar-refractivity contribution in [3.05, 3.63) is 48.2 Å². The van der Waals surface area contributed by atoms with Gasteiger partial charge in [0.15, 0.2) is 11.6 Å². The van der Waals surface area contributed by atoms with Crippen molar-refractivity contribution in [2.24, 2.45) is 11.8 Å². The summed E-state index contributed by atoms with van der Waals surface area (Å²) in [6.07, 6.45) is 9.27. The number of para-hydroxylation sites is 1. The molecular formula is C24H27N5O. The molecule has 0 atom stereocenters. The zero-order valence-corrected chi connectivity index (χ0v) is 17.3. The predicted molar refractivity (Wildman–Crippen MR) is 117 cm³/mol. The zero-order valence-electron chi connectivity index (χ0n) is 17.3. The van der Waals surface area contributed by atoms with Gasteiger partial charge in [-0.3, -0.25) is 4.79 Å². The third-order valence-corrected chi connectivity index (χ3v) is 6.12. The van der Waals surface area contributed by atoms with Crippen molar-refractivity contribution in [2.45, 2.75) is 51.9 Å². The molecule has 6 heteroatoms. The van der Waals surface area contributed by atoms with Gasteiger partial charge in [0.05, 0.1) is 11.7 Å². The van der Waals surface area contributed by atoms with Crippen molar-refractivity contribution >= 4 is 22.6 Å². The van der Waals surface area contributed by atoms with Crippen LogP contribution in [-0.2, 0) is 4.79 Å². The lowest BCUT2D eigenvalue weighted by Gasteiger charge is -2.27. The summed E-state index contributed by atoms with van der Waals surface area (Å²) in [4.78, 5) is 17.6. The van der Waals surface area contributed by atoms with Crippen LogP contribution in [0, 0.1) is 23.2 Å². The van der Waals surface area contributed by atoms with Crippen molar-refractivity contribution in [1.29, 1.82) is 5.26 Å². The molecule has 1 aliphatic rings. The van der Waals surface area contributed by atoms with E-state index in [0.717, 1.165) is 42.5 Å². The Morgan fingerprint density at radius 2 is 2.00 bits per heavy atom. The summed E-state index contributed by atoms with van der Waals surface area (Å²) in [5, 5.41) is 17.9. The summed E-state index contributed by atoms with van der Waals surface area (Å²) in [6, 6.07) is 13.8. The molecule has 0 radical (unpaired) electrons. The van der Waals surface area contributed by atoms with Gasteiger partial charge in [0.25, 0.3) is 0 Å². The molecule has 2 aromatic heterocycles. The molecule has 0 saturated heterocycles. The maximum absolute atomic E-state index is 13.0. The first kappa shape index (κ1) is 20.1. The number of fused-ring (bicyclic) bond motifs is 1. The van der Waals surface area contributed by atoms with Crippen molar-refractivity contribution < 1.29 is 4.79 Å². The quantitative estimate of drug-likeness (QED) is 0.613. The first-order valence-electron chi connectivity index (χ1n) is 10.8. The lowest BCUT2D eigenvalue weighted by molar-refractivity contribution is -0.121. The van der Waals surface area contributed by atoms with E-state index in [9.17, 15) is 10.1 Å². The summed E-state index contributed by atoms with van der Waals surface area (Å²) < 4.78 is 1.55. The molecule has 154 valence electrons. The number of hydrogen-bond acceptors (Lipinski definition) is 4. The molecule has 1 aromatic carbocycles. The van der Waals surface area contributed by atoms with Gasteiger partial charge in [-0.05, 0) is 49.8 Å². The van der Waals surface area contributed by atoms with E-state index >= 15 is 0 Å². The molecule has 3 aromatic rings. The minimum Gasteiger partial charge on any atom is -0.309 e. The Balaban J connectivity index is 1.52. The van der Waals surface area contributed by atoms with Crippen LogP contribution in [0.2, 0.25) is 0 Å². The highest BCUT2D eigenvalue weighted by atomic mass is 16.2. The van der Waals surface area contributed by atoms with Crippen molar-refractivity contribution in [1.82, 2.24) is 14.8 Å². The Morgan fingerprint density at radius 3 is 2.77 bits per heavy atom. The molecule has 0 aliphatic heterocycles. The average molecular weight is 402 g/mol. The smallest absolute Gasteiger partial charge is 0.228 e. The first-order chi connectivity index (χ1) is 14.7. The second-order valence-electron chi connectivity index (χ2n) is 8.14. The maximum Gasteiger partial charge on any atom is 0.228 e. The van der Waals surface area contributed by atoms with Gasteiger partial charge in [0.1, 0.15) is 11.6 Å². The number of nitriles is 1. The van der Waals surface area contributed by atoms with Crippen LogP contribution in [0.25, 0.3) is 16.7 Å². The van der Waals surface area contributed by atoms with Crippen LogP contribution in [0.15, 0.2) is 42.6 Å². The van der Waals surface area contributed by atoms with Crippen LogP contribution in [0.3, 0.4) is 0 Å². The lowest BCUT2D eigenvalue weighted by atomic mass is 9.79. The third-order valence-electron chi connectivity index (χ3n) is 6.12. The van der Waals surface area contributed by atoms with Crippen molar-refractivity contribution in [2.75, 3.05) is 5.32 Å². The van der Waals surface area contributed by atoms with Gasteiger partial charge in [-0.1, -0.05) is 44.4 Å². The number of aromatic nitrogens is 3. The van der Waals surface area contributed by atoms with Crippen LogP contribution in [0.5, 0.6) is 0 Å². The number of carbonyl (C=O) groups excluding carboxylic acids is 1. The van der Waals surface area contributed by atoms with Crippen molar-refractivity contribution in [3.8, 4) is 11.9 Å². The Hall–Kier alpha value is -3.20. The third kappa shape index (κ3) is 4.20. The second kappa shape index (κ2) is 9.08. The Bertz CT molecular complexity index is 1070. The number of pyridine rings is 1. The summed E-state index contributed by atoms with van der Waals surface area (Å²) in [5.41, 5.74) is 1.18. The molecular weight excluding hydrogens is 374 g/mol. The number of amides is 1. The molecule has 0 bridgehead atoms. The van der Waals surface area contributed by atoms with Gasteiger partial charge >= 0.3 is 0 Å². The molecule has 0 unspecified atom stereocenters. The van der Waals surface area contributed by atoms with Crippen LogP contribution in [-0.4, -0.2) is 20.7 Å². The molecule has 30 heavy (non-hydrogen) atoms. The van der Waals surface area contributed by atoms with Gasteiger partial charge in [-0.25, -0.2) is 4.98 Å². The fraction of sp³-hybridized carbons (Fsp3) is 0.417. The summed E-state index contributed by atoms with van der Waals surface area (Å²) in [7, 11) is 0. The monoisotopic (exact) mass is 401 g/mol. The average Bonchev–Trinajstić information content (AvgIpc) is 3.20. The number of rotatable bonds is 6. The van der Waals surface area contributed by atoms with E-state index in [2.05, 4.69) is 28.4 Å². The van der Waals surface area contributed by atoms with Crippen LogP contribution in [0.1, 0.15) is 57.4 Å². The van der Waals surface area contributed by atoms with Gasteiger partial charge in [0, 0.05) is 11.3 Å². The van der Waals surface area contributed by atoms with Crippen LogP contribution in [0.4, 0.5) is 5.82 Å². The summed E-state index contributed by atoms with van der Waals surface area (Å²) >= 11 is 0. The van der Waals surface area contributed by atoms with E-state index in [0.29, 0.717) is 17.2 Å². The summed E-state index contributed by atoms with van der Waals surface area (Å²) in [5.74, 6) is 1.69. The minimum atomic E-state index is -0.0250. The standard InChI is InChI=1S/C24H27N5O/c1-2-3-6-17-9-11-19(12-10-17)24(30)28-23-20(15-25)16-26-29(23)22-14-13-18-7-4-5-8-21(18)27-22/h4-5,7-8,13-14,16-17,19H,2-3,6,9-12H2,1H3,(H,28,30). The highest BCUT2D eigenvalue weighted by molar-refractivity contribution is 5.93. The molecule has 1 amide bonds. The molecule has 1 fully saturated rings. The second-order valence-corrected chi connectivity index (χ2v) is 8.14. The largest absolute Gasteiger partial charge is 0.309 e. The van der Waals surface area contributed by atoms with E-state index in [4.69, 9.17) is 0 Å². The topological polar surface area (TPSA) is 83.6 Å². The molecule has 1 N–H and O–H groups in total. The predicted octanol–water partition coefficient (Wildman–Crippen LogP) is 5.23. The van der Waals surface area contributed by atoms with Crippen molar-refractivity contribution in [3.63, 3.8) is 0 Å². The van der Waals surface area contributed by atoms with E-state index in [1.165, 1.54) is 25.5 Å². The molecule has 6 nitrogen and oxygen atoms in total. The van der Waals surface area contributed by atoms with Crippen LogP contribution >= 0.6 is 0 Å². The Morgan fingerprint density at radius 1 is 1.20 bits per heavy atom. The highest BCUT2D eigenvalue weighted by Crippen LogP contribution is 2.33. The molecule has 1 aliphatic carbocycles. The maximum atomic E-state index is 13.0. The molecule has 1 saturated carbocycles. The number of nitrogens with one attached hydrogen (secondary N) is 1. The Labute approximate surface area is 176 Å². The zero-order chi connectivity index (χ0) is 20.9. The van der Waals surface area contributed by atoms with Gasteiger partial charge in [-0.15, -0.1) is 0 Å². The molecule has 2 heterocycles. The number of carbonyl (C=O) groups is 1. The SMILES string of the molecule is CCCCC1CCC(C(=O)Nc2c(C#N)cnn2-c2ccc3ccccc3n2)CC1. The van der Waals surface area contributed by atoms with Gasteiger partial charge in [0.2, 0.25) is 5.91 Å². The number of benzene rings is 1. The van der Waals surface area contributed by atoms with E-state index in [1.54, 1.807) is 4.68 Å². The van der Waals surface area contributed by atoms with Crippen LogP contribution < -0.4 is 5.32 Å². The number of anilines is 1. The number of hydrogen-bond donors (Lipinski definition) is 1. The van der Waals surface area contributed by atoms with E-state index < -0.39 is 0 Å². The molecule has 0 spiro atoms. The number of unbranched alkanes of at least 4 members (excludes halogenated alkanes) is 1. The Kier molecular flexibility index (Phi) is 6.08. The van der Waals surface area contributed by atoms with Gasteiger partial charge in [-0.2, -0.15) is 15.0 Å². The van der Waals surface area contributed by atoms with E-state index in [1.807, 2.05) is 36.4 Å². The first-order valence-corrected chi connectivity index (χ1v) is 10.8. The fourth-order valence-corrected chi connectivity index (χ4v) is 4.32. The normalized spacial score (nSPS) is 18.8. The molecule has 4 rings (SSSR count). The fourth-order valence-electron chi connectivity index (χ4n) is 4.32. The van der Waals surface area contributed by atoms with Gasteiger partial charge < -0.3 is 5.32 Å². The van der Waals surface area contributed by atoms with E-state index in [-0.39, 0.29) is 11.8 Å². The number of nitrogens with zero attached hydrogens (tertiary/aromatic N) is 4. The minimum absolute atomic E-state index is 0.0117. The lowest BCUT2D eigenvalue weighted by Crippen LogP contribution is -2.28. The highest BCUT2D eigenvalue weighted by Gasteiger charge is 2.27. The summed E-state index contributed by atoms with van der Waals surface area (Å²) in [6.45, 7) is 2.22.